The van der Waals surface area contributed by atoms with Crippen molar-refractivity contribution in [3.63, 3.8) is 0 Å². The van der Waals surface area contributed by atoms with Crippen molar-refractivity contribution < 1.29 is 9.53 Å². The summed E-state index contributed by atoms with van der Waals surface area (Å²) in [6.07, 6.45) is 2.88. The Morgan fingerprint density at radius 1 is 1.35 bits per heavy atom. The predicted molar refractivity (Wildman–Crippen MR) is 84.1 cm³/mol. The van der Waals surface area contributed by atoms with E-state index in [0.29, 0.717) is 12.5 Å². The number of piperidine rings is 1. The van der Waals surface area contributed by atoms with Crippen LogP contribution in [0.5, 0.6) is 0 Å². The largest absolute Gasteiger partial charge is 0.378 e. The molecule has 0 aliphatic carbocycles. The van der Waals surface area contributed by atoms with Crippen LogP contribution in [0.4, 0.5) is 0 Å². The van der Waals surface area contributed by atoms with Gasteiger partial charge in [0.2, 0.25) is 5.91 Å². The zero-order chi connectivity index (χ0) is 14.4. The third-order valence-electron chi connectivity index (χ3n) is 3.71. The molecule has 4 heteroatoms. The molecule has 1 unspecified atom stereocenters. The molecule has 0 saturated carbocycles. The van der Waals surface area contributed by atoms with Gasteiger partial charge in [0, 0.05) is 19.7 Å². The molecule has 1 amide bonds. The number of carbonyl (C=O) groups is 1. The molecule has 1 heterocycles. The van der Waals surface area contributed by atoms with Crippen molar-refractivity contribution in [2.24, 2.45) is 0 Å². The maximum Gasteiger partial charge on any atom is 0.235 e. The van der Waals surface area contributed by atoms with Gasteiger partial charge in [-0.3, -0.25) is 4.79 Å². The second kappa shape index (κ2) is 7.70. The van der Waals surface area contributed by atoms with Gasteiger partial charge in [-0.15, -0.1) is 0 Å². The van der Waals surface area contributed by atoms with Gasteiger partial charge in [0.1, 0.15) is 0 Å². The summed E-state index contributed by atoms with van der Waals surface area (Å²) >= 11 is 4.49. The van der Waals surface area contributed by atoms with Gasteiger partial charge in [-0.25, -0.2) is 0 Å². The number of rotatable bonds is 5. The van der Waals surface area contributed by atoms with Crippen molar-refractivity contribution in [2.45, 2.75) is 37.5 Å². The molecule has 1 saturated heterocycles. The lowest BCUT2D eigenvalue weighted by Crippen LogP contribution is -2.44. The molecule has 1 aromatic carbocycles. The second-order valence-corrected chi connectivity index (χ2v) is 5.81. The molecular formula is C16H23NO2S. The molecule has 0 N–H and O–H groups in total. The van der Waals surface area contributed by atoms with E-state index >= 15 is 0 Å². The summed E-state index contributed by atoms with van der Waals surface area (Å²) in [5.41, 5.74) is 1.16. The van der Waals surface area contributed by atoms with Crippen molar-refractivity contribution in [2.75, 3.05) is 19.7 Å². The van der Waals surface area contributed by atoms with Crippen LogP contribution in [0.25, 0.3) is 0 Å². The molecule has 20 heavy (non-hydrogen) atoms. The number of likely N-dealkylation sites (tertiary alicyclic amines) is 1. The normalized spacial score (nSPS) is 18.0. The van der Waals surface area contributed by atoms with E-state index in [1.54, 1.807) is 0 Å². The van der Waals surface area contributed by atoms with Gasteiger partial charge in [-0.1, -0.05) is 30.3 Å². The minimum atomic E-state index is -0.249. The van der Waals surface area contributed by atoms with Crippen molar-refractivity contribution in [1.29, 1.82) is 0 Å². The van der Waals surface area contributed by atoms with Crippen molar-refractivity contribution in [1.82, 2.24) is 4.90 Å². The molecule has 1 atom stereocenters. The van der Waals surface area contributed by atoms with Gasteiger partial charge in [-0.05, 0) is 31.7 Å². The van der Waals surface area contributed by atoms with Crippen LogP contribution in [0.3, 0.4) is 0 Å². The first kappa shape index (κ1) is 15.4. The molecule has 1 aliphatic heterocycles. The zero-order valence-corrected chi connectivity index (χ0v) is 12.9. The van der Waals surface area contributed by atoms with E-state index < -0.39 is 0 Å². The number of nitrogens with zero attached hydrogens (tertiary/aromatic N) is 1. The third-order valence-corrected chi connectivity index (χ3v) is 4.12. The highest BCUT2D eigenvalue weighted by molar-refractivity contribution is 7.81. The van der Waals surface area contributed by atoms with Gasteiger partial charge in [0.25, 0.3) is 0 Å². The van der Waals surface area contributed by atoms with Crippen LogP contribution in [0.15, 0.2) is 30.3 Å². The molecule has 1 fully saturated rings. The van der Waals surface area contributed by atoms with E-state index in [4.69, 9.17) is 4.74 Å². The minimum absolute atomic E-state index is 0.145. The number of thiol groups is 1. The maximum absolute atomic E-state index is 12.4. The minimum Gasteiger partial charge on any atom is -0.378 e. The molecule has 3 nitrogen and oxygen atoms in total. The third kappa shape index (κ3) is 4.25. The standard InChI is InChI=1S/C16H23NO2S/c1-2-19-14-8-10-17(11-9-14)16(18)15(20)12-13-6-4-3-5-7-13/h3-7,14-15,20H,2,8-12H2,1H3. The number of hydrogen-bond donors (Lipinski definition) is 1. The topological polar surface area (TPSA) is 29.5 Å². The Balaban J connectivity index is 1.82. The summed E-state index contributed by atoms with van der Waals surface area (Å²) in [5, 5.41) is -0.249. The monoisotopic (exact) mass is 293 g/mol. The van der Waals surface area contributed by atoms with Gasteiger partial charge < -0.3 is 9.64 Å². The second-order valence-electron chi connectivity index (χ2n) is 5.19. The molecule has 1 aromatic rings. The number of ether oxygens (including phenoxy) is 1. The van der Waals surface area contributed by atoms with E-state index in [1.807, 2.05) is 42.2 Å². The zero-order valence-electron chi connectivity index (χ0n) is 12.0. The van der Waals surface area contributed by atoms with Gasteiger partial charge in [0.05, 0.1) is 11.4 Å². The Bertz CT molecular complexity index is 416. The summed E-state index contributed by atoms with van der Waals surface area (Å²) in [4.78, 5) is 14.3. The summed E-state index contributed by atoms with van der Waals surface area (Å²) in [5.74, 6) is 0.145. The van der Waals surface area contributed by atoms with Crippen LogP contribution >= 0.6 is 12.6 Å². The summed E-state index contributed by atoms with van der Waals surface area (Å²) in [6.45, 7) is 4.34. The lowest BCUT2D eigenvalue weighted by molar-refractivity contribution is -0.133. The molecule has 0 spiro atoms. The van der Waals surface area contributed by atoms with Crippen molar-refractivity contribution in [3.05, 3.63) is 35.9 Å². The smallest absolute Gasteiger partial charge is 0.235 e. The highest BCUT2D eigenvalue weighted by Gasteiger charge is 2.26. The van der Waals surface area contributed by atoms with Gasteiger partial charge in [-0.2, -0.15) is 12.6 Å². The number of hydrogen-bond acceptors (Lipinski definition) is 3. The van der Waals surface area contributed by atoms with Gasteiger partial charge >= 0.3 is 0 Å². The number of benzene rings is 1. The summed E-state index contributed by atoms with van der Waals surface area (Å²) in [6, 6.07) is 10.1. The Kier molecular flexibility index (Phi) is 5.92. The van der Waals surface area contributed by atoms with Crippen molar-refractivity contribution >= 4 is 18.5 Å². The summed E-state index contributed by atoms with van der Waals surface area (Å²) < 4.78 is 5.61. The molecule has 0 aromatic heterocycles. The highest BCUT2D eigenvalue weighted by atomic mass is 32.1. The van der Waals surface area contributed by atoms with Crippen LogP contribution in [-0.4, -0.2) is 41.9 Å². The first-order valence-electron chi connectivity index (χ1n) is 7.33. The van der Waals surface area contributed by atoms with Crippen molar-refractivity contribution in [3.8, 4) is 0 Å². The molecule has 1 aliphatic rings. The Hall–Kier alpha value is -1.00. The maximum atomic E-state index is 12.4. The Morgan fingerprint density at radius 2 is 2.00 bits per heavy atom. The van der Waals surface area contributed by atoms with Gasteiger partial charge in [0.15, 0.2) is 0 Å². The first-order valence-corrected chi connectivity index (χ1v) is 7.84. The lowest BCUT2D eigenvalue weighted by Gasteiger charge is -2.33. The van der Waals surface area contributed by atoms with Crippen LogP contribution in [0.2, 0.25) is 0 Å². The molecule has 2 rings (SSSR count). The number of carbonyl (C=O) groups excluding carboxylic acids is 1. The SMILES string of the molecule is CCOC1CCN(C(=O)C(S)Cc2ccccc2)CC1. The molecule has 0 bridgehead atoms. The van der Waals surface area contributed by atoms with E-state index in [1.165, 1.54) is 0 Å². The van der Waals surface area contributed by atoms with Crippen LogP contribution < -0.4 is 0 Å². The number of amides is 1. The van der Waals surface area contributed by atoms with E-state index in [9.17, 15) is 4.79 Å². The van der Waals surface area contributed by atoms with E-state index in [2.05, 4.69) is 12.6 Å². The predicted octanol–water partition coefficient (Wildman–Crippen LogP) is 2.56. The average Bonchev–Trinajstić information content (AvgIpc) is 2.48. The Morgan fingerprint density at radius 3 is 2.60 bits per heavy atom. The highest BCUT2D eigenvalue weighted by Crippen LogP contribution is 2.17. The van der Waals surface area contributed by atoms with Crippen LogP contribution in [0, 0.1) is 0 Å². The van der Waals surface area contributed by atoms with Crippen LogP contribution in [-0.2, 0) is 16.0 Å². The molecular weight excluding hydrogens is 270 g/mol. The fourth-order valence-corrected chi connectivity index (χ4v) is 2.99. The van der Waals surface area contributed by atoms with E-state index in [-0.39, 0.29) is 11.2 Å². The quantitative estimate of drug-likeness (QED) is 0.846. The fraction of sp³-hybridized carbons (Fsp3) is 0.562. The van der Waals surface area contributed by atoms with E-state index in [0.717, 1.165) is 38.1 Å². The van der Waals surface area contributed by atoms with Crippen LogP contribution in [0.1, 0.15) is 25.3 Å². The lowest BCUT2D eigenvalue weighted by atomic mass is 10.1. The Labute approximate surface area is 126 Å². The molecule has 110 valence electrons. The fourth-order valence-electron chi connectivity index (χ4n) is 2.61. The molecule has 0 radical (unpaired) electrons. The summed E-state index contributed by atoms with van der Waals surface area (Å²) in [7, 11) is 0. The average molecular weight is 293 g/mol. The first-order chi connectivity index (χ1) is 9.70.